The molecule has 27 heavy (non-hydrogen) atoms. The number of rotatable bonds is 2. The van der Waals surface area contributed by atoms with E-state index in [1.54, 1.807) is 24.3 Å². The number of carbonyl (C=O) groups is 2. The summed E-state index contributed by atoms with van der Waals surface area (Å²) in [5.74, 6) is 0.548. The molecule has 1 saturated carbocycles. The molecule has 1 aromatic carbocycles. The van der Waals surface area contributed by atoms with E-state index in [9.17, 15) is 9.59 Å². The number of hydrogen-bond donors (Lipinski definition) is 1. The lowest BCUT2D eigenvalue weighted by atomic mass is 9.84. The van der Waals surface area contributed by atoms with Crippen molar-refractivity contribution in [3.63, 3.8) is 0 Å². The number of carbonyl (C=O) groups excluding carboxylic acids is 2. The molecule has 0 radical (unpaired) electrons. The average Bonchev–Trinajstić information content (AvgIpc) is 3.07. The van der Waals surface area contributed by atoms with E-state index in [4.69, 9.17) is 11.6 Å². The summed E-state index contributed by atoms with van der Waals surface area (Å²) >= 11 is 5.99. The molecule has 3 fully saturated rings. The molecule has 2 saturated heterocycles. The summed E-state index contributed by atoms with van der Waals surface area (Å²) in [7, 11) is 0. The summed E-state index contributed by atoms with van der Waals surface area (Å²) in [5.41, 5.74) is 0.622. The van der Waals surface area contributed by atoms with Crippen LogP contribution in [0.3, 0.4) is 0 Å². The van der Waals surface area contributed by atoms with Crippen LogP contribution >= 0.6 is 11.6 Å². The van der Waals surface area contributed by atoms with Crippen molar-refractivity contribution in [2.45, 2.75) is 57.2 Å². The monoisotopic (exact) mass is 389 g/mol. The first-order valence-electron chi connectivity index (χ1n) is 10.1. The van der Waals surface area contributed by atoms with Crippen LogP contribution in [0.25, 0.3) is 0 Å². The van der Waals surface area contributed by atoms with Gasteiger partial charge in [0.1, 0.15) is 6.04 Å². The Balaban J connectivity index is 1.61. The quantitative estimate of drug-likeness (QED) is 0.846. The van der Waals surface area contributed by atoms with Gasteiger partial charge >= 0.3 is 0 Å². The van der Waals surface area contributed by atoms with Gasteiger partial charge in [0, 0.05) is 42.3 Å². The Labute approximate surface area is 166 Å². The Hall–Kier alpha value is -1.59. The van der Waals surface area contributed by atoms with Crippen LogP contribution in [0.2, 0.25) is 5.02 Å². The average molecular weight is 390 g/mol. The lowest BCUT2D eigenvalue weighted by molar-refractivity contribution is -0.136. The highest BCUT2D eigenvalue weighted by Crippen LogP contribution is 2.41. The van der Waals surface area contributed by atoms with Crippen LogP contribution in [0.5, 0.6) is 0 Å². The minimum Gasteiger partial charge on any atom is -0.338 e. The van der Waals surface area contributed by atoms with E-state index in [1.807, 2.05) is 9.80 Å². The fraction of sp³-hybridized carbons (Fsp3) is 0.619. The zero-order valence-electron chi connectivity index (χ0n) is 15.9. The number of nitrogens with zero attached hydrogens (tertiary/aromatic N) is 2. The number of benzene rings is 1. The van der Waals surface area contributed by atoms with E-state index in [-0.39, 0.29) is 23.9 Å². The highest BCUT2D eigenvalue weighted by Gasteiger charge is 2.48. The number of nitrogens with one attached hydrogen (secondary N) is 1. The summed E-state index contributed by atoms with van der Waals surface area (Å²) in [5, 5.41) is 4.00. The number of hydrogen-bond acceptors (Lipinski definition) is 3. The van der Waals surface area contributed by atoms with Gasteiger partial charge in [0.05, 0.1) is 0 Å². The maximum atomic E-state index is 13.4. The van der Waals surface area contributed by atoms with Gasteiger partial charge in [-0.25, -0.2) is 0 Å². The standard InChI is InChI=1S/C21H28ClN3O2/c1-14-13-24(11-10-23-14)21(27)19-12-16-4-2-3-5-18(16)25(19)20(26)15-6-8-17(22)9-7-15/h6-9,14,16,18-19,23H,2-5,10-13H2,1H3. The molecule has 1 aromatic rings. The smallest absolute Gasteiger partial charge is 0.254 e. The van der Waals surface area contributed by atoms with Gasteiger partial charge in [-0.3, -0.25) is 9.59 Å². The fourth-order valence-electron chi connectivity index (χ4n) is 5.06. The second-order valence-corrected chi connectivity index (χ2v) is 8.66. The van der Waals surface area contributed by atoms with Crippen LogP contribution in [0.15, 0.2) is 24.3 Å². The predicted molar refractivity (Wildman–Crippen MR) is 106 cm³/mol. The molecule has 2 aliphatic heterocycles. The molecule has 4 atom stereocenters. The van der Waals surface area contributed by atoms with Crippen LogP contribution in [-0.2, 0) is 4.79 Å². The molecule has 5 nitrogen and oxygen atoms in total. The Morgan fingerprint density at radius 1 is 1.15 bits per heavy atom. The first kappa shape index (κ1) is 18.8. The zero-order valence-corrected chi connectivity index (χ0v) is 16.6. The molecular formula is C21H28ClN3O2. The van der Waals surface area contributed by atoms with E-state index >= 15 is 0 Å². The van der Waals surface area contributed by atoms with Gasteiger partial charge < -0.3 is 15.1 Å². The minimum absolute atomic E-state index is 0.0254. The van der Waals surface area contributed by atoms with Gasteiger partial charge in [0.2, 0.25) is 5.91 Å². The molecule has 0 bridgehead atoms. The van der Waals surface area contributed by atoms with Crippen LogP contribution in [0, 0.1) is 5.92 Å². The van der Waals surface area contributed by atoms with Crippen molar-refractivity contribution in [3.05, 3.63) is 34.9 Å². The SMILES string of the molecule is CC1CN(C(=O)C2CC3CCCCC3N2C(=O)c2ccc(Cl)cc2)CCN1. The molecule has 1 aliphatic carbocycles. The lowest BCUT2D eigenvalue weighted by Gasteiger charge is -2.37. The van der Waals surface area contributed by atoms with Crippen molar-refractivity contribution in [1.82, 2.24) is 15.1 Å². The van der Waals surface area contributed by atoms with Crippen LogP contribution < -0.4 is 5.32 Å². The Bertz CT molecular complexity index is 708. The van der Waals surface area contributed by atoms with E-state index in [0.29, 0.717) is 29.1 Å². The highest BCUT2D eigenvalue weighted by molar-refractivity contribution is 6.30. The van der Waals surface area contributed by atoms with Crippen molar-refractivity contribution in [3.8, 4) is 0 Å². The topological polar surface area (TPSA) is 52.7 Å². The lowest BCUT2D eigenvalue weighted by Crippen LogP contribution is -2.57. The maximum absolute atomic E-state index is 13.4. The summed E-state index contributed by atoms with van der Waals surface area (Å²) in [6, 6.07) is 7.20. The number of piperazine rings is 1. The third-order valence-electron chi connectivity index (χ3n) is 6.38. The van der Waals surface area contributed by atoms with Gasteiger partial charge in [-0.1, -0.05) is 24.4 Å². The van der Waals surface area contributed by atoms with Crippen molar-refractivity contribution in [1.29, 1.82) is 0 Å². The molecule has 0 aromatic heterocycles. The summed E-state index contributed by atoms with van der Waals surface area (Å²) in [4.78, 5) is 30.6. The highest BCUT2D eigenvalue weighted by atomic mass is 35.5. The molecule has 6 heteroatoms. The number of halogens is 1. The second kappa shape index (κ2) is 7.80. The third-order valence-corrected chi connectivity index (χ3v) is 6.63. The largest absolute Gasteiger partial charge is 0.338 e. The Morgan fingerprint density at radius 3 is 2.63 bits per heavy atom. The number of likely N-dealkylation sites (tertiary alicyclic amines) is 1. The third kappa shape index (κ3) is 3.72. The summed E-state index contributed by atoms with van der Waals surface area (Å²) < 4.78 is 0. The molecule has 4 unspecified atom stereocenters. The van der Waals surface area contributed by atoms with Crippen molar-refractivity contribution < 1.29 is 9.59 Å². The molecule has 2 amide bonds. The van der Waals surface area contributed by atoms with Gasteiger partial charge in [-0.2, -0.15) is 0 Å². The van der Waals surface area contributed by atoms with E-state index < -0.39 is 0 Å². The minimum atomic E-state index is -0.327. The number of fused-ring (bicyclic) bond motifs is 1. The van der Waals surface area contributed by atoms with E-state index in [0.717, 1.165) is 38.8 Å². The van der Waals surface area contributed by atoms with Crippen molar-refractivity contribution >= 4 is 23.4 Å². The second-order valence-electron chi connectivity index (χ2n) is 8.22. The van der Waals surface area contributed by atoms with Gasteiger partial charge in [-0.15, -0.1) is 0 Å². The number of amides is 2. The van der Waals surface area contributed by atoms with Crippen LogP contribution in [0.4, 0.5) is 0 Å². The molecule has 146 valence electrons. The van der Waals surface area contributed by atoms with Gasteiger partial charge in [0.15, 0.2) is 0 Å². The first-order valence-corrected chi connectivity index (χ1v) is 10.5. The normalized spacial score (nSPS) is 30.9. The summed E-state index contributed by atoms with van der Waals surface area (Å²) in [6.45, 7) is 4.35. The van der Waals surface area contributed by atoms with Crippen LogP contribution in [-0.4, -0.2) is 59.4 Å². The van der Waals surface area contributed by atoms with Crippen molar-refractivity contribution in [2.75, 3.05) is 19.6 Å². The first-order chi connectivity index (χ1) is 13.0. The zero-order chi connectivity index (χ0) is 19.0. The van der Waals surface area contributed by atoms with E-state index in [1.165, 1.54) is 6.42 Å². The Morgan fingerprint density at radius 2 is 1.89 bits per heavy atom. The van der Waals surface area contributed by atoms with Crippen LogP contribution in [0.1, 0.15) is 49.4 Å². The Kier molecular flexibility index (Phi) is 5.42. The summed E-state index contributed by atoms with van der Waals surface area (Å²) in [6.07, 6.45) is 5.27. The van der Waals surface area contributed by atoms with Gasteiger partial charge in [0.25, 0.3) is 5.91 Å². The molecule has 1 N–H and O–H groups in total. The van der Waals surface area contributed by atoms with E-state index in [2.05, 4.69) is 12.2 Å². The predicted octanol–water partition coefficient (Wildman–Crippen LogP) is 2.93. The fourth-order valence-corrected chi connectivity index (χ4v) is 5.18. The van der Waals surface area contributed by atoms with Gasteiger partial charge in [-0.05, 0) is 56.4 Å². The molecule has 2 heterocycles. The van der Waals surface area contributed by atoms with Crippen molar-refractivity contribution in [2.24, 2.45) is 5.92 Å². The maximum Gasteiger partial charge on any atom is 0.254 e. The molecule has 3 aliphatic rings. The molecule has 0 spiro atoms. The molecule has 4 rings (SSSR count). The molecular weight excluding hydrogens is 362 g/mol.